The van der Waals surface area contributed by atoms with Gasteiger partial charge in [-0.3, -0.25) is 0 Å². The topological polar surface area (TPSA) is 70.3 Å². The summed E-state index contributed by atoms with van der Waals surface area (Å²) in [6.07, 6.45) is 0. The summed E-state index contributed by atoms with van der Waals surface area (Å²) in [4.78, 5) is 11.3. The van der Waals surface area contributed by atoms with Crippen molar-refractivity contribution in [2.45, 2.75) is 13.5 Å². The maximum absolute atomic E-state index is 11.3. The first kappa shape index (κ1) is 12.9. The van der Waals surface area contributed by atoms with Crippen LogP contribution in [0.1, 0.15) is 18.1 Å². The Kier molecular flexibility index (Phi) is 4.44. The molecule has 0 saturated heterocycles. The molecule has 0 spiro atoms. The van der Waals surface area contributed by atoms with Crippen molar-refractivity contribution in [3.8, 4) is 6.07 Å². The summed E-state index contributed by atoms with van der Waals surface area (Å²) in [6.45, 7) is 1.65. The molecule has 88 valence electrons. The molecule has 0 amide bonds. The molecule has 1 aromatic carbocycles. The van der Waals surface area contributed by atoms with E-state index >= 15 is 0 Å². The van der Waals surface area contributed by atoms with Gasteiger partial charge in [-0.15, -0.1) is 0 Å². The van der Waals surface area contributed by atoms with Gasteiger partial charge in [0, 0.05) is 0 Å². The molecular formula is C13H13NO3. The number of hydrogen-bond acceptors (Lipinski definition) is 4. The fourth-order valence-electron chi connectivity index (χ4n) is 1.39. The van der Waals surface area contributed by atoms with E-state index in [1.165, 1.54) is 7.11 Å². The molecule has 0 heterocycles. The Bertz CT molecular complexity index is 480. The van der Waals surface area contributed by atoms with Gasteiger partial charge in [-0.05, 0) is 23.6 Å². The number of benzene rings is 1. The van der Waals surface area contributed by atoms with E-state index in [1.807, 2.05) is 6.07 Å². The Balaban J connectivity index is 3.17. The molecule has 0 fully saturated rings. The smallest absolute Gasteiger partial charge is 0.348 e. The van der Waals surface area contributed by atoms with Crippen LogP contribution in [0.5, 0.6) is 0 Å². The van der Waals surface area contributed by atoms with Gasteiger partial charge in [0.1, 0.15) is 11.6 Å². The average molecular weight is 231 g/mol. The number of carbonyl (C=O) groups excluding carboxylic acids is 1. The molecule has 0 unspecified atom stereocenters. The van der Waals surface area contributed by atoms with Crippen molar-refractivity contribution in [1.82, 2.24) is 0 Å². The molecule has 17 heavy (non-hydrogen) atoms. The lowest BCUT2D eigenvalue weighted by molar-refractivity contribution is -0.135. The molecule has 0 atom stereocenters. The summed E-state index contributed by atoms with van der Waals surface area (Å²) in [5, 5.41) is 17.8. The van der Waals surface area contributed by atoms with E-state index < -0.39 is 5.97 Å². The number of aliphatic hydroxyl groups excluding tert-OH is 1. The largest absolute Gasteiger partial charge is 0.465 e. The van der Waals surface area contributed by atoms with Crippen molar-refractivity contribution >= 4 is 11.5 Å². The summed E-state index contributed by atoms with van der Waals surface area (Å²) in [6, 6.07) is 8.82. The Morgan fingerprint density at radius 2 is 2.00 bits per heavy atom. The minimum absolute atomic E-state index is 0.00996. The Hall–Kier alpha value is -2.12. The van der Waals surface area contributed by atoms with Crippen LogP contribution in [-0.4, -0.2) is 18.2 Å². The van der Waals surface area contributed by atoms with Crippen molar-refractivity contribution in [2.75, 3.05) is 7.11 Å². The molecule has 1 rings (SSSR count). The van der Waals surface area contributed by atoms with Crippen LogP contribution in [0.3, 0.4) is 0 Å². The second-order valence-electron chi connectivity index (χ2n) is 3.46. The van der Waals surface area contributed by atoms with Crippen molar-refractivity contribution in [3.63, 3.8) is 0 Å². The predicted octanol–water partition coefficient (Wildman–Crippen LogP) is 1.65. The molecule has 0 aromatic heterocycles. The zero-order chi connectivity index (χ0) is 12.8. The number of esters is 1. The van der Waals surface area contributed by atoms with Crippen LogP contribution in [0.25, 0.3) is 5.57 Å². The number of nitrogens with zero attached hydrogens (tertiary/aromatic N) is 1. The minimum Gasteiger partial charge on any atom is -0.465 e. The van der Waals surface area contributed by atoms with E-state index in [0.29, 0.717) is 5.57 Å². The van der Waals surface area contributed by atoms with Gasteiger partial charge in [-0.25, -0.2) is 4.79 Å². The number of rotatable bonds is 3. The number of methoxy groups -OCH3 is 1. The third-order valence-electron chi connectivity index (χ3n) is 2.45. The number of aliphatic hydroxyl groups is 1. The van der Waals surface area contributed by atoms with Gasteiger partial charge >= 0.3 is 5.97 Å². The summed E-state index contributed by atoms with van der Waals surface area (Å²) in [7, 11) is 1.24. The molecule has 1 aromatic rings. The lowest BCUT2D eigenvalue weighted by Gasteiger charge is -2.05. The lowest BCUT2D eigenvalue weighted by Crippen LogP contribution is -2.05. The van der Waals surface area contributed by atoms with Gasteiger partial charge in [0.05, 0.1) is 13.7 Å². The van der Waals surface area contributed by atoms with Gasteiger partial charge in [0.25, 0.3) is 0 Å². The molecule has 4 heteroatoms. The minimum atomic E-state index is -0.642. The second kappa shape index (κ2) is 5.83. The zero-order valence-corrected chi connectivity index (χ0v) is 9.73. The highest BCUT2D eigenvalue weighted by molar-refractivity contribution is 6.01. The van der Waals surface area contributed by atoms with E-state index in [4.69, 9.17) is 10.4 Å². The monoisotopic (exact) mass is 231 g/mol. The van der Waals surface area contributed by atoms with E-state index in [1.54, 1.807) is 31.2 Å². The van der Waals surface area contributed by atoms with Crippen LogP contribution in [0.4, 0.5) is 0 Å². The van der Waals surface area contributed by atoms with E-state index in [9.17, 15) is 4.79 Å². The van der Waals surface area contributed by atoms with Crippen LogP contribution in [0, 0.1) is 11.3 Å². The van der Waals surface area contributed by atoms with Gasteiger partial charge in [-0.1, -0.05) is 24.3 Å². The van der Waals surface area contributed by atoms with E-state index in [-0.39, 0.29) is 12.2 Å². The normalized spacial score (nSPS) is 11.4. The summed E-state index contributed by atoms with van der Waals surface area (Å²) < 4.78 is 4.53. The maximum atomic E-state index is 11.3. The van der Waals surface area contributed by atoms with E-state index in [2.05, 4.69) is 4.74 Å². The number of allylic oxidation sites excluding steroid dienone is 1. The van der Waals surface area contributed by atoms with Gasteiger partial charge < -0.3 is 9.84 Å². The Labute approximate surface area is 99.8 Å². The molecule has 0 aliphatic rings. The third-order valence-corrected chi connectivity index (χ3v) is 2.45. The van der Waals surface area contributed by atoms with Crippen molar-refractivity contribution in [3.05, 3.63) is 41.0 Å². The Morgan fingerprint density at radius 3 is 2.41 bits per heavy atom. The SMILES string of the molecule is COC(=O)/C(C#N)=C(\C)c1ccc(CO)cc1. The summed E-state index contributed by atoms with van der Waals surface area (Å²) in [5.41, 5.74) is 2.08. The quantitative estimate of drug-likeness (QED) is 0.488. The molecule has 0 saturated carbocycles. The number of hydrogen-bond donors (Lipinski definition) is 1. The van der Waals surface area contributed by atoms with Crippen LogP contribution >= 0.6 is 0 Å². The highest BCUT2D eigenvalue weighted by Crippen LogP contribution is 2.19. The van der Waals surface area contributed by atoms with Crippen LogP contribution < -0.4 is 0 Å². The molecule has 0 aliphatic heterocycles. The molecule has 0 radical (unpaired) electrons. The van der Waals surface area contributed by atoms with Crippen LogP contribution in [0.15, 0.2) is 29.8 Å². The first-order valence-electron chi connectivity index (χ1n) is 5.03. The molecule has 0 aliphatic carbocycles. The molecule has 4 nitrogen and oxygen atoms in total. The lowest BCUT2D eigenvalue weighted by atomic mass is 10.0. The number of nitriles is 1. The first-order chi connectivity index (χ1) is 8.13. The van der Waals surface area contributed by atoms with Crippen LogP contribution in [-0.2, 0) is 16.1 Å². The standard InChI is InChI=1S/C13H13NO3/c1-9(12(7-14)13(16)17-2)11-5-3-10(8-15)4-6-11/h3-6,15H,8H2,1-2H3/b12-9+. The van der Waals surface area contributed by atoms with Crippen molar-refractivity contribution in [1.29, 1.82) is 5.26 Å². The van der Waals surface area contributed by atoms with Crippen molar-refractivity contribution < 1.29 is 14.6 Å². The average Bonchev–Trinajstić information content (AvgIpc) is 2.39. The van der Waals surface area contributed by atoms with Gasteiger partial charge in [0.15, 0.2) is 0 Å². The Morgan fingerprint density at radius 1 is 1.41 bits per heavy atom. The fourth-order valence-corrected chi connectivity index (χ4v) is 1.39. The third kappa shape index (κ3) is 2.92. The van der Waals surface area contributed by atoms with Gasteiger partial charge in [-0.2, -0.15) is 5.26 Å². The molecular weight excluding hydrogens is 218 g/mol. The predicted molar refractivity (Wildman–Crippen MR) is 62.6 cm³/mol. The molecule has 1 N–H and O–H groups in total. The zero-order valence-electron chi connectivity index (χ0n) is 9.73. The van der Waals surface area contributed by atoms with Crippen LogP contribution in [0.2, 0.25) is 0 Å². The molecule has 0 bridgehead atoms. The second-order valence-corrected chi connectivity index (χ2v) is 3.46. The highest BCUT2D eigenvalue weighted by Gasteiger charge is 2.13. The van der Waals surface area contributed by atoms with Gasteiger partial charge in [0.2, 0.25) is 0 Å². The fraction of sp³-hybridized carbons (Fsp3) is 0.231. The number of ether oxygens (including phenoxy) is 1. The summed E-state index contributed by atoms with van der Waals surface area (Å²) >= 11 is 0. The number of carbonyl (C=O) groups is 1. The summed E-state index contributed by atoms with van der Waals surface area (Å²) in [5.74, 6) is -0.642. The first-order valence-corrected chi connectivity index (χ1v) is 5.03. The maximum Gasteiger partial charge on any atom is 0.348 e. The van der Waals surface area contributed by atoms with E-state index in [0.717, 1.165) is 11.1 Å². The van der Waals surface area contributed by atoms with Crippen molar-refractivity contribution in [2.24, 2.45) is 0 Å². The highest BCUT2D eigenvalue weighted by atomic mass is 16.5.